The standard InChI is InChI=1S/C30H30N6O/c1-19(20(2)23-5-4-6-24-25(29(37)32-3)11-14-33-28(23)24)16-34-27-15-26(35-18-36-27)21-7-9-22(10-8-21)30(17-31)12-13-30/h4-11,14-15,18-20H,12-13,16H2,1-3H3,(H,32,37)(H,34,35,36)/t19-,20?/m1/s1. The van der Waals surface area contributed by atoms with Crippen LogP contribution in [0.15, 0.2) is 67.1 Å². The van der Waals surface area contributed by atoms with Crippen molar-refractivity contribution < 1.29 is 4.79 Å². The van der Waals surface area contributed by atoms with Gasteiger partial charge < -0.3 is 10.6 Å². The van der Waals surface area contributed by atoms with Crippen molar-refractivity contribution in [1.29, 1.82) is 5.26 Å². The number of carbonyl (C=O) groups is 1. The number of anilines is 1. The SMILES string of the molecule is CNC(=O)c1ccnc2c(C(C)[C@H](C)CNc3cc(-c4ccc(C5(C#N)CC5)cc4)ncn3)cccc12. The lowest BCUT2D eigenvalue weighted by Crippen LogP contribution is -2.19. The molecule has 1 aliphatic rings. The molecule has 2 aromatic carbocycles. The van der Waals surface area contributed by atoms with Crippen LogP contribution in [0.3, 0.4) is 0 Å². The van der Waals surface area contributed by atoms with Crippen LogP contribution in [0.1, 0.15) is 54.1 Å². The maximum absolute atomic E-state index is 12.3. The highest BCUT2D eigenvalue weighted by molar-refractivity contribution is 6.06. The summed E-state index contributed by atoms with van der Waals surface area (Å²) in [6, 6.07) is 20.3. The molecule has 0 spiro atoms. The molecule has 2 N–H and O–H groups in total. The Balaban J connectivity index is 1.30. The minimum Gasteiger partial charge on any atom is -0.370 e. The van der Waals surface area contributed by atoms with Gasteiger partial charge in [-0.2, -0.15) is 5.26 Å². The summed E-state index contributed by atoms with van der Waals surface area (Å²) in [5.74, 6) is 1.13. The van der Waals surface area contributed by atoms with Crippen LogP contribution in [0.4, 0.5) is 5.82 Å². The molecule has 186 valence electrons. The number of fused-ring (bicyclic) bond motifs is 1. The van der Waals surface area contributed by atoms with Crippen molar-refractivity contribution in [2.45, 2.75) is 38.0 Å². The number of hydrogen-bond acceptors (Lipinski definition) is 6. The molecule has 1 amide bonds. The average Bonchev–Trinajstić information content (AvgIpc) is 3.76. The van der Waals surface area contributed by atoms with Gasteiger partial charge in [-0.3, -0.25) is 9.78 Å². The lowest BCUT2D eigenvalue weighted by molar-refractivity contribution is 0.0964. The Hall–Kier alpha value is -4.31. The molecule has 0 radical (unpaired) electrons. The van der Waals surface area contributed by atoms with Crippen molar-refractivity contribution in [2.75, 3.05) is 18.9 Å². The number of benzene rings is 2. The van der Waals surface area contributed by atoms with Gasteiger partial charge in [-0.1, -0.05) is 56.3 Å². The summed E-state index contributed by atoms with van der Waals surface area (Å²) in [6.45, 7) is 5.10. The Bertz CT molecular complexity index is 1490. The molecule has 2 heterocycles. The smallest absolute Gasteiger partial charge is 0.251 e. The Morgan fingerprint density at radius 3 is 2.57 bits per heavy atom. The number of nitrogens with one attached hydrogen (secondary N) is 2. The molecule has 0 saturated heterocycles. The topological polar surface area (TPSA) is 104 Å². The first-order chi connectivity index (χ1) is 18.0. The molecule has 1 fully saturated rings. The summed E-state index contributed by atoms with van der Waals surface area (Å²) in [7, 11) is 1.64. The number of nitrogens with zero attached hydrogens (tertiary/aromatic N) is 4. The van der Waals surface area contributed by atoms with E-state index in [-0.39, 0.29) is 23.2 Å². The molecule has 0 bridgehead atoms. The van der Waals surface area contributed by atoms with Crippen LogP contribution in [0, 0.1) is 17.2 Å². The van der Waals surface area contributed by atoms with Crippen LogP contribution in [0.2, 0.25) is 0 Å². The quantitative estimate of drug-likeness (QED) is 0.340. The summed E-state index contributed by atoms with van der Waals surface area (Å²) < 4.78 is 0. The Morgan fingerprint density at radius 2 is 1.86 bits per heavy atom. The van der Waals surface area contributed by atoms with E-state index in [9.17, 15) is 10.1 Å². The van der Waals surface area contributed by atoms with E-state index in [0.29, 0.717) is 12.1 Å². The predicted octanol–water partition coefficient (Wildman–Crippen LogP) is 5.46. The Labute approximate surface area is 217 Å². The Morgan fingerprint density at radius 1 is 1.08 bits per heavy atom. The number of nitriles is 1. The van der Waals surface area contributed by atoms with E-state index in [4.69, 9.17) is 0 Å². The van der Waals surface area contributed by atoms with Gasteiger partial charge in [0.15, 0.2) is 0 Å². The number of pyridine rings is 1. The summed E-state index contributed by atoms with van der Waals surface area (Å²) in [4.78, 5) is 25.8. The first-order valence-electron chi connectivity index (χ1n) is 12.6. The second-order valence-corrected chi connectivity index (χ2v) is 9.89. The van der Waals surface area contributed by atoms with E-state index >= 15 is 0 Å². The molecule has 7 heteroatoms. The molecule has 4 aromatic rings. The zero-order valence-corrected chi connectivity index (χ0v) is 21.3. The van der Waals surface area contributed by atoms with E-state index in [2.05, 4.69) is 51.6 Å². The third-order valence-electron chi connectivity index (χ3n) is 7.59. The van der Waals surface area contributed by atoms with Crippen LogP contribution < -0.4 is 10.6 Å². The van der Waals surface area contributed by atoms with Gasteiger partial charge in [0.2, 0.25) is 0 Å². The predicted molar refractivity (Wildman–Crippen MR) is 145 cm³/mol. The lowest BCUT2D eigenvalue weighted by atomic mass is 9.87. The van der Waals surface area contributed by atoms with Gasteiger partial charge in [0.1, 0.15) is 12.1 Å². The maximum atomic E-state index is 12.3. The third-order valence-corrected chi connectivity index (χ3v) is 7.59. The van der Waals surface area contributed by atoms with Gasteiger partial charge in [-0.05, 0) is 41.9 Å². The summed E-state index contributed by atoms with van der Waals surface area (Å²) in [5, 5.41) is 16.5. The van der Waals surface area contributed by atoms with Crippen LogP contribution in [0.5, 0.6) is 0 Å². The van der Waals surface area contributed by atoms with Crippen LogP contribution in [0.25, 0.3) is 22.2 Å². The van der Waals surface area contributed by atoms with Crippen LogP contribution in [-0.4, -0.2) is 34.5 Å². The van der Waals surface area contributed by atoms with Crippen molar-refractivity contribution >= 4 is 22.6 Å². The minimum absolute atomic E-state index is 0.113. The number of carbonyl (C=O) groups excluding carboxylic acids is 1. The second kappa shape index (κ2) is 9.98. The molecule has 1 unspecified atom stereocenters. The van der Waals surface area contributed by atoms with Crippen molar-refractivity contribution in [3.05, 3.63) is 83.8 Å². The monoisotopic (exact) mass is 490 g/mol. The number of rotatable bonds is 8. The summed E-state index contributed by atoms with van der Waals surface area (Å²) in [6.07, 6.45) is 5.15. The van der Waals surface area contributed by atoms with E-state index in [1.165, 1.54) is 0 Å². The molecular weight excluding hydrogens is 460 g/mol. The number of amides is 1. The molecule has 1 saturated carbocycles. The fraction of sp³-hybridized carbons (Fsp3) is 0.300. The van der Waals surface area contributed by atoms with E-state index in [1.807, 2.05) is 42.5 Å². The molecule has 1 aliphatic carbocycles. The number of hydrogen-bond donors (Lipinski definition) is 2. The zero-order valence-electron chi connectivity index (χ0n) is 21.3. The van der Waals surface area contributed by atoms with Gasteiger partial charge in [-0.25, -0.2) is 9.97 Å². The van der Waals surface area contributed by atoms with Crippen molar-refractivity contribution in [2.24, 2.45) is 5.92 Å². The molecule has 0 aliphatic heterocycles. The highest BCUT2D eigenvalue weighted by Gasteiger charge is 2.44. The number of aromatic nitrogens is 3. The molecule has 2 atom stereocenters. The normalized spacial score (nSPS) is 15.4. The first-order valence-corrected chi connectivity index (χ1v) is 12.6. The van der Waals surface area contributed by atoms with Gasteiger partial charge in [0.25, 0.3) is 5.91 Å². The summed E-state index contributed by atoms with van der Waals surface area (Å²) >= 11 is 0. The van der Waals surface area contributed by atoms with Crippen molar-refractivity contribution in [3.8, 4) is 17.3 Å². The summed E-state index contributed by atoms with van der Waals surface area (Å²) in [5.41, 5.74) is 5.25. The fourth-order valence-corrected chi connectivity index (χ4v) is 4.81. The van der Waals surface area contributed by atoms with E-state index in [1.54, 1.807) is 25.6 Å². The second-order valence-electron chi connectivity index (χ2n) is 9.89. The highest BCUT2D eigenvalue weighted by atomic mass is 16.1. The van der Waals surface area contributed by atoms with Gasteiger partial charge in [0, 0.05) is 36.8 Å². The Kier molecular flexibility index (Phi) is 6.58. The van der Waals surface area contributed by atoms with Crippen molar-refractivity contribution in [1.82, 2.24) is 20.3 Å². The third kappa shape index (κ3) is 4.75. The largest absolute Gasteiger partial charge is 0.370 e. The van der Waals surface area contributed by atoms with Gasteiger partial charge >= 0.3 is 0 Å². The van der Waals surface area contributed by atoms with E-state index < -0.39 is 0 Å². The first kappa shape index (κ1) is 24.4. The molecular formula is C30H30N6O. The number of para-hydroxylation sites is 1. The molecule has 5 rings (SSSR count). The fourth-order valence-electron chi connectivity index (χ4n) is 4.81. The van der Waals surface area contributed by atoms with Gasteiger partial charge in [-0.15, -0.1) is 0 Å². The maximum Gasteiger partial charge on any atom is 0.251 e. The van der Waals surface area contributed by atoms with Gasteiger partial charge in [0.05, 0.1) is 28.3 Å². The average molecular weight is 491 g/mol. The highest BCUT2D eigenvalue weighted by Crippen LogP contribution is 2.47. The molecule has 37 heavy (non-hydrogen) atoms. The molecule has 2 aromatic heterocycles. The minimum atomic E-state index is -0.284. The molecule has 7 nitrogen and oxygen atoms in total. The zero-order chi connectivity index (χ0) is 26.0. The van der Waals surface area contributed by atoms with E-state index in [0.717, 1.165) is 51.9 Å². The van der Waals surface area contributed by atoms with Crippen LogP contribution in [-0.2, 0) is 5.41 Å². The van der Waals surface area contributed by atoms with Crippen molar-refractivity contribution in [3.63, 3.8) is 0 Å². The lowest BCUT2D eigenvalue weighted by Gasteiger charge is -2.22. The van der Waals surface area contributed by atoms with Crippen LogP contribution >= 0.6 is 0 Å².